The Morgan fingerprint density at radius 2 is 1.55 bits per heavy atom. The lowest BCUT2D eigenvalue weighted by molar-refractivity contribution is -0.113. The molecule has 7 nitrogen and oxygen atoms in total. The van der Waals surface area contributed by atoms with E-state index < -0.39 is 0 Å². The molecule has 0 amide bonds. The number of halogens is 1. The molecule has 0 bridgehead atoms. The summed E-state index contributed by atoms with van der Waals surface area (Å²) in [5.74, 6) is 0.101. The Balaban J connectivity index is 1.12. The van der Waals surface area contributed by atoms with Gasteiger partial charge in [0.05, 0.1) is 11.2 Å². The molecule has 1 saturated heterocycles. The van der Waals surface area contributed by atoms with E-state index in [0.29, 0.717) is 24.7 Å². The second-order valence-corrected chi connectivity index (χ2v) is 11.8. The number of Topliss-reactive ketones (excluding diaryl/α,β-unsaturated/α-hetero) is 1. The summed E-state index contributed by atoms with van der Waals surface area (Å²) in [6.45, 7) is 7.37. The van der Waals surface area contributed by atoms with Crippen molar-refractivity contribution in [1.82, 2.24) is 24.9 Å². The molecule has 2 aromatic heterocycles. The molecule has 1 aliphatic rings. The van der Waals surface area contributed by atoms with Crippen LogP contribution in [0, 0.1) is 13.8 Å². The maximum absolute atomic E-state index is 13.6. The Labute approximate surface area is 262 Å². The number of hydrogen-bond donors (Lipinski definition) is 1. The quantitative estimate of drug-likeness (QED) is 0.143. The minimum absolute atomic E-state index is 0.101. The van der Waals surface area contributed by atoms with Crippen LogP contribution < -0.4 is 5.32 Å². The number of carbonyl (C=O) groups is 1. The van der Waals surface area contributed by atoms with Crippen molar-refractivity contribution in [3.05, 3.63) is 129 Å². The first-order valence-electron chi connectivity index (χ1n) is 14.9. The van der Waals surface area contributed by atoms with Gasteiger partial charge in [0, 0.05) is 72.4 Å². The second kappa shape index (κ2) is 13.4. The van der Waals surface area contributed by atoms with Crippen molar-refractivity contribution in [3.8, 4) is 0 Å². The molecule has 8 heteroatoms. The fourth-order valence-corrected chi connectivity index (χ4v) is 5.60. The topological polar surface area (TPSA) is 75.9 Å². The molecule has 0 aliphatic carbocycles. The Kier molecular flexibility index (Phi) is 8.96. The van der Waals surface area contributed by atoms with Crippen molar-refractivity contribution < 1.29 is 4.79 Å². The lowest BCUT2D eigenvalue weighted by atomic mass is 9.94. The predicted molar refractivity (Wildman–Crippen MR) is 178 cm³/mol. The monoisotopic (exact) mass is 602 g/mol. The first-order valence-corrected chi connectivity index (χ1v) is 15.3. The van der Waals surface area contributed by atoms with Gasteiger partial charge in [-0.25, -0.2) is 0 Å². The van der Waals surface area contributed by atoms with E-state index in [0.717, 1.165) is 64.1 Å². The molecular weight excluding hydrogens is 568 g/mol. The standard InChI is InChI=1S/C36H35ClN6O/c1-25-4-8-27(9-5-25)18-29-21-42(22-30(36(29)44)19-28-10-6-26(2)7-11-28)23-32-24-43(41-40-32)17-3-15-38-34-14-16-39-35-20-31(37)12-13-33(34)35/h4-14,16,18-20,24H,3,15,17,21-23H2,1-2H3,(H,38,39)/b29-18+,30-19+. The van der Waals surface area contributed by atoms with Crippen molar-refractivity contribution in [2.45, 2.75) is 33.4 Å². The Morgan fingerprint density at radius 3 is 2.20 bits per heavy atom. The number of fused-ring (bicyclic) bond motifs is 1. The van der Waals surface area contributed by atoms with Gasteiger partial charge in [-0.3, -0.25) is 19.4 Å². The third kappa shape index (κ3) is 7.30. The van der Waals surface area contributed by atoms with Gasteiger partial charge in [0.15, 0.2) is 5.78 Å². The second-order valence-electron chi connectivity index (χ2n) is 11.4. The average Bonchev–Trinajstić information content (AvgIpc) is 3.46. The Hall–Kier alpha value is -4.59. The third-order valence-corrected chi connectivity index (χ3v) is 8.00. The molecule has 3 aromatic carbocycles. The summed E-state index contributed by atoms with van der Waals surface area (Å²) in [5.41, 5.74) is 8.79. The molecule has 0 saturated carbocycles. The highest BCUT2D eigenvalue weighted by atomic mass is 35.5. The van der Waals surface area contributed by atoms with Gasteiger partial charge >= 0.3 is 0 Å². The van der Waals surface area contributed by atoms with Crippen molar-refractivity contribution in [2.75, 3.05) is 25.0 Å². The van der Waals surface area contributed by atoms with Crippen molar-refractivity contribution >= 4 is 46.1 Å². The average molecular weight is 603 g/mol. The zero-order valence-electron chi connectivity index (χ0n) is 25.0. The van der Waals surface area contributed by atoms with Gasteiger partial charge in [-0.2, -0.15) is 0 Å². The molecule has 0 radical (unpaired) electrons. The molecule has 5 aromatic rings. The van der Waals surface area contributed by atoms with E-state index >= 15 is 0 Å². The van der Waals surface area contributed by atoms with Crippen LogP contribution in [0.15, 0.2) is 96.3 Å². The number of piperidine rings is 1. The van der Waals surface area contributed by atoms with Crippen LogP contribution in [0.1, 0.15) is 34.4 Å². The van der Waals surface area contributed by atoms with Crippen molar-refractivity contribution in [1.29, 1.82) is 0 Å². The smallest absolute Gasteiger partial charge is 0.187 e. The van der Waals surface area contributed by atoms with Crippen LogP contribution in [0.4, 0.5) is 5.69 Å². The third-order valence-electron chi connectivity index (χ3n) is 7.76. The molecule has 0 unspecified atom stereocenters. The molecule has 222 valence electrons. The number of hydrogen-bond acceptors (Lipinski definition) is 6. The summed E-state index contributed by atoms with van der Waals surface area (Å²) >= 11 is 6.13. The number of likely N-dealkylation sites (tertiary alicyclic amines) is 1. The molecule has 3 heterocycles. The van der Waals surface area contributed by atoms with Crippen LogP contribution in [0.2, 0.25) is 5.02 Å². The maximum atomic E-state index is 13.6. The van der Waals surface area contributed by atoms with Crippen molar-refractivity contribution in [2.24, 2.45) is 0 Å². The van der Waals surface area contributed by atoms with Gasteiger partial charge < -0.3 is 5.32 Å². The zero-order chi connectivity index (χ0) is 30.5. The fourth-order valence-electron chi connectivity index (χ4n) is 5.44. The fraction of sp³-hybridized carbons (Fsp3) is 0.222. The highest BCUT2D eigenvalue weighted by molar-refractivity contribution is 6.31. The number of ketones is 1. The molecule has 1 N–H and O–H groups in total. The van der Waals surface area contributed by atoms with Gasteiger partial charge in [-0.1, -0.05) is 76.5 Å². The molecule has 1 aliphatic heterocycles. The van der Waals surface area contributed by atoms with E-state index in [1.165, 1.54) is 11.1 Å². The van der Waals surface area contributed by atoms with E-state index in [9.17, 15) is 4.79 Å². The Morgan fingerprint density at radius 1 is 0.886 bits per heavy atom. The number of aromatic nitrogens is 4. The SMILES string of the molecule is Cc1ccc(/C=C2\CN(Cc3cn(CCCNc4ccnc5cc(Cl)ccc45)nn3)C/C(=C\c3ccc(C)cc3)C2=O)cc1. The lowest BCUT2D eigenvalue weighted by Crippen LogP contribution is -2.37. The van der Waals surface area contributed by atoms with Crippen LogP contribution in [-0.2, 0) is 17.9 Å². The van der Waals surface area contributed by atoms with E-state index in [4.69, 9.17) is 11.6 Å². The molecular formula is C36H35ClN6O. The summed E-state index contributed by atoms with van der Waals surface area (Å²) < 4.78 is 1.89. The van der Waals surface area contributed by atoms with Crippen LogP contribution >= 0.6 is 11.6 Å². The number of anilines is 1. The molecule has 1 fully saturated rings. The largest absolute Gasteiger partial charge is 0.384 e. The molecule has 0 atom stereocenters. The Bertz CT molecular complexity index is 1770. The number of nitrogens with one attached hydrogen (secondary N) is 1. The van der Waals surface area contributed by atoms with Crippen molar-refractivity contribution in [3.63, 3.8) is 0 Å². The summed E-state index contributed by atoms with van der Waals surface area (Å²) in [5, 5.41) is 14.1. The van der Waals surface area contributed by atoms with Crippen LogP contribution in [0.3, 0.4) is 0 Å². The van der Waals surface area contributed by atoms with Crippen LogP contribution in [0.5, 0.6) is 0 Å². The number of rotatable bonds is 9. The number of benzene rings is 3. The molecule has 6 rings (SSSR count). The van der Waals surface area contributed by atoms with E-state index in [-0.39, 0.29) is 5.78 Å². The first-order chi connectivity index (χ1) is 21.4. The zero-order valence-corrected chi connectivity index (χ0v) is 25.8. The number of nitrogens with zero attached hydrogens (tertiary/aromatic N) is 5. The molecule has 44 heavy (non-hydrogen) atoms. The summed E-state index contributed by atoms with van der Waals surface area (Å²) in [7, 11) is 0. The minimum atomic E-state index is 0.101. The van der Waals surface area contributed by atoms with Crippen LogP contribution in [0.25, 0.3) is 23.1 Å². The van der Waals surface area contributed by atoms with Gasteiger partial charge in [0.2, 0.25) is 0 Å². The number of pyridine rings is 1. The molecule has 0 spiro atoms. The lowest BCUT2D eigenvalue weighted by Gasteiger charge is -2.29. The number of aryl methyl sites for hydroxylation is 3. The summed E-state index contributed by atoms with van der Waals surface area (Å²) in [6.07, 6.45) is 8.71. The normalized spacial score (nSPS) is 15.8. The van der Waals surface area contributed by atoms with E-state index in [1.54, 1.807) is 6.20 Å². The van der Waals surface area contributed by atoms with Gasteiger partial charge in [0.1, 0.15) is 0 Å². The van der Waals surface area contributed by atoms with Gasteiger partial charge in [-0.05, 0) is 67.8 Å². The first kappa shape index (κ1) is 29.5. The number of carbonyl (C=O) groups excluding carboxylic acids is 1. The van der Waals surface area contributed by atoms with E-state index in [2.05, 4.69) is 87.9 Å². The summed E-state index contributed by atoms with van der Waals surface area (Å²) in [6, 6.07) is 24.3. The van der Waals surface area contributed by atoms with Gasteiger partial charge in [0.25, 0.3) is 0 Å². The van der Waals surface area contributed by atoms with E-state index in [1.807, 2.05) is 47.3 Å². The maximum Gasteiger partial charge on any atom is 0.187 e. The summed E-state index contributed by atoms with van der Waals surface area (Å²) in [4.78, 5) is 20.3. The predicted octanol–water partition coefficient (Wildman–Crippen LogP) is 7.15. The van der Waals surface area contributed by atoms with Crippen LogP contribution in [-0.4, -0.2) is 50.3 Å². The minimum Gasteiger partial charge on any atom is -0.384 e. The van der Waals surface area contributed by atoms with Gasteiger partial charge in [-0.15, -0.1) is 5.10 Å². The highest BCUT2D eigenvalue weighted by Gasteiger charge is 2.27. The highest BCUT2D eigenvalue weighted by Crippen LogP contribution is 2.25.